The van der Waals surface area contributed by atoms with Crippen LogP contribution < -0.4 is 5.73 Å². The molecule has 0 aromatic rings. The zero-order valence-corrected chi connectivity index (χ0v) is 10.1. The highest BCUT2D eigenvalue weighted by atomic mass is 15.1. The average molecular weight is 210 g/mol. The Kier molecular flexibility index (Phi) is 4.04. The van der Waals surface area contributed by atoms with Gasteiger partial charge in [-0.1, -0.05) is 19.8 Å². The fourth-order valence-corrected chi connectivity index (χ4v) is 3.35. The second-order valence-electron chi connectivity index (χ2n) is 5.67. The maximum atomic E-state index is 5.78. The van der Waals surface area contributed by atoms with Crippen molar-refractivity contribution in [2.75, 3.05) is 26.2 Å². The maximum absolute atomic E-state index is 5.78. The van der Waals surface area contributed by atoms with E-state index in [9.17, 15) is 0 Å². The standard InChI is InChI=1S/C13H26N2/c1-11-9-15(7-6-13(11)8-14)10-12-4-2-3-5-12/h11-13H,2-10,14H2,1H3. The van der Waals surface area contributed by atoms with Crippen LogP contribution in [0, 0.1) is 17.8 Å². The predicted molar refractivity (Wildman–Crippen MR) is 64.7 cm³/mol. The predicted octanol–water partition coefficient (Wildman–Crippen LogP) is 2.09. The first-order valence-corrected chi connectivity index (χ1v) is 6.72. The van der Waals surface area contributed by atoms with Crippen LogP contribution in [0.1, 0.15) is 39.0 Å². The summed E-state index contributed by atoms with van der Waals surface area (Å²) in [4.78, 5) is 2.69. The van der Waals surface area contributed by atoms with Crippen LogP contribution in [0.25, 0.3) is 0 Å². The molecule has 2 heteroatoms. The third kappa shape index (κ3) is 2.94. The molecule has 1 aliphatic carbocycles. The summed E-state index contributed by atoms with van der Waals surface area (Å²) in [6.07, 6.45) is 7.22. The molecule has 1 saturated carbocycles. The van der Waals surface area contributed by atoms with Gasteiger partial charge in [-0.2, -0.15) is 0 Å². The largest absolute Gasteiger partial charge is 0.330 e. The molecule has 2 atom stereocenters. The number of piperidine rings is 1. The van der Waals surface area contributed by atoms with Gasteiger partial charge in [-0.05, 0) is 50.1 Å². The van der Waals surface area contributed by atoms with Crippen molar-refractivity contribution in [1.82, 2.24) is 4.90 Å². The van der Waals surface area contributed by atoms with E-state index in [-0.39, 0.29) is 0 Å². The van der Waals surface area contributed by atoms with Crippen LogP contribution in [0.5, 0.6) is 0 Å². The second kappa shape index (κ2) is 5.31. The Morgan fingerprint density at radius 1 is 1.20 bits per heavy atom. The zero-order valence-electron chi connectivity index (χ0n) is 10.1. The summed E-state index contributed by atoms with van der Waals surface area (Å²) in [6.45, 7) is 7.21. The molecule has 2 N–H and O–H groups in total. The van der Waals surface area contributed by atoms with E-state index >= 15 is 0 Å². The van der Waals surface area contributed by atoms with Gasteiger partial charge >= 0.3 is 0 Å². The number of hydrogen-bond acceptors (Lipinski definition) is 2. The minimum atomic E-state index is 0.782. The van der Waals surface area contributed by atoms with Crippen molar-refractivity contribution in [2.24, 2.45) is 23.5 Å². The van der Waals surface area contributed by atoms with Crippen LogP contribution in [-0.2, 0) is 0 Å². The highest BCUT2D eigenvalue weighted by Gasteiger charge is 2.27. The Morgan fingerprint density at radius 3 is 2.53 bits per heavy atom. The summed E-state index contributed by atoms with van der Waals surface area (Å²) in [5.41, 5.74) is 5.78. The molecule has 0 spiro atoms. The molecule has 1 aliphatic heterocycles. The van der Waals surface area contributed by atoms with Gasteiger partial charge in [0.1, 0.15) is 0 Å². The van der Waals surface area contributed by atoms with Crippen molar-refractivity contribution in [1.29, 1.82) is 0 Å². The number of nitrogens with two attached hydrogens (primary N) is 1. The van der Waals surface area contributed by atoms with Crippen molar-refractivity contribution in [3.05, 3.63) is 0 Å². The molecule has 0 radical (unpaired) electrons. The fraction of sp³-hybridized carbons (Fsp3) is 1.00. The molecule has 2 rings (SSSR count). The van der Waals surface area contributed by atoms with Crippen molar-refractivity contribution in [3.8, 4) is 0 Å². The van der Waals surface area contributed by atoms with E-state index in [0.29, 0.717) is 0 Å². The average Bonchev–Trinajstić information content (AvgIpc) is 2.71. The van der Waals surface area contributed by atoms with E-state index in [1.807, 2.05) is 0 Å². The van der Waals surface area contributed by atoms with Crippen molar-refractivity contribution >= 4 is 0 Å². The van der Waals surface area contributed by atoms with Gasteiger partial charge in [0.05, 0.1) is 0 Å². The summed E-state index contributed by atoms with van der Waals surface area (Å²) in [5.74, 6) is 2.60. The smallest absolute Gasteiger partial charge is 0.00103 e. The van der Waals surface area contributed by atoms with Gasteiger partial charge in [-0.3, -0.25) is 0 Å². The molecule has 0 amide bonds. The molecular weight excluding hydrogens is 184 g/mol. The molecule has 1 saturated heterocycles. The molecule has 2 fully saturated rings. The first-order valence-electron chi connectivity index (χ1n) is 6.72. The van der Waals surface area contributed by atoms with E-state index in [0.717, 1.165) is 24.3 Å². The number of hydrogen-bond donors (Lipinski definition) is 1. The molecule has 2 unspecified atom stereocenters. The quantitative estimate of drug-likeness (QED) is 0.773. The van der Waals surface area contributed by atoms with Crippen LogP contribution in [0.15, 0.2) is 0 Å². The lowest BCUT2D eigenvalue weighted by Gasteiger charge is -2.37. The Bertz CT molecular complexity index is 187. The molecular formula is C13H26N2. The lowest BCUT2D eigenvalue weighted by atomic mass is 9.86. The van der Waals surface area contributed by atoms with Crippen LogP contribution in [0.2, 0.25) is 0 Å². The molecule has 2 aliphatic rings. The molecule has 0 bridgehead atoms. The van der Waals surface area contributed by atoms with Crippen LogP contribution in [0.3, 0.4) is 0 Å². The highest BCUT2D eigenvalue weighted by molar-refractivity contribution is 4.80. The topological polar surface area (TPSA) is 29.3 Å². The third-order valence-electron chi connectivity index (χ3n) is 4.46. The SMILES string of the molecule is CC1CN(CC2CCCC2)CCC1CN. The van der Waals surface area contributed by atoms with E-state index < -0.39 is 0 Å². The summed E-state index contributed by atoms with van der Waals surface area (Å²) in [5, 5.41) is 0. The lowest BCUT2D eigenvalue weighted by molar-refractivity contribution is 0.117. The Hall–Kier alpha value is -0.0800. The van der Waals surface area contributed by atoms with Gasteiger partial charge in [0.25, 0.3) is 0 Å². The van der Waals surface area contributed by atoms with Gasteiger partial charge in [-0.15, -0.1) is 0 Å². The molecule has 88 valence electrons. The summed E-state index contributed by atoms with van der Waals surface area (Å²) in [7, 11) is 0. The molecule has 2 nitrogen and oxygen atoms in total. The Morgan fingerprint density at radius 2 is 1.93 bits per heavy atom. The Balaban J connectivity index is 1.75. The highest BCUT2D eigenvalue weighted by Crippen LogP contribution is 2.28. The van der Waals surface area contributed by atoms with E-state index in [1.54, 1.807) is 0 Å². The first kappa shape index (κ1) is 11.4. The molecule has 1 heterocycles. The van der Waals surface area contributed by atoms with E-state index in [4.69, 9.17) is 5.73 Å². The summed E-state index contributed by atoms with van der Waals surface area (Å²) < 4.78 is 0. The first-order chi connectivity index (χ1) is 7.29. The van der Waals surface area contributed by atoms with Gasteiger partial charge < -0.3 is 10.6 Å². The lowest BCUT2D eigenvalue weighted by Crippen LogP contribution is -2.43. The van der Waals surface area contributed by atoms with Gasteiger partial charge in [0.15, 0.2) is 0 Å². The second-order valence-corrected chi connectivity index (χ2v) is 5.67. The normalized spacial score (nSPS) is 34.8. The zero-order chi connectivity index (χ0) is 10.7. The van der Waals surface area contributed by atoms with Gasteiger partial charge in [0, 0.05) is 13.1 Å². The molecule has 0 aromatic heterocycles. The maximum Gasteiger partial charge on any atom is 0.00103 e. The van der Waals surface area contributed by atoms with Crippen LogP contribution >= 0.6 is 0 Å². The summed E-state index contributed by atoms with van der Waals surface area (Å²) >= 11 is 0. The van der Waals surface area contributed by atoms with Crippen molar-refractivity contribution in [2.45, 2.75) is 39.0 Å². The molecule has 0 aromatic carbocycles. The van der Waals surface area contributed by atoms with Gasteiger partial charge in [0.2, 0.25) is 0 Å². The van der Waals surface area contributed by atoms with E-state index in [2.05, 4.69) is 11.8 Å². The monoisotopic (exact) mass is 210 g/mol. The van der Waals surface area contributed by atoms with Crippen molar-refractivity contribution in [3.63, 3.8) is 0 Å². The van der Waals surface area contributed by atoms with Crippen LogP contribution in [-0.4, -0.2) is 31.1 Å². The molecule has 15 heavy (non-hydrogen) atoms. The Labute approximate surface area is 94.2 Å². The van der Waals surface area contributed by atoms with E-state index in [1.165, 1.54) is 51.7 Å². The minimum absolute atomic E-state index is 0.782. The van der Waals surface area contributed by atoms with Crippen LogP contribution in [0.4, 0.5) is 0 Å². The fourth-order valence-electron chi connectivity index (χ4n) is 3.35. The third-order valence-corrected chi connectivity index (χ3v) is 4.46. The van der Waals surface area contributed by atoms with Crippen molar-refractivity contribution < 1.29 is 0 Å². The minimum Gasteiger partial charge on any atom is -0.330 e. The number of likely N-dealkylation sites (tertiary alicyclic amines) is 1. The number of rotatable bonds is 3. The van der Waals surface area contributed by atoms with Gasteiger partial charge in [-0.25, -0.2) is 0 Å². The number of nitrogens with zero attached hydrogens (tertiary/aromatic N) is 1. The summed E-state index contributed by atoms with van der Waals surface area (Å²) in [6, 6.07) is 0.